The van der Waals surface area contributed by atoms with Gasteiger partial charge in [-0.05, 0) is 31.4 Å². The highest BCUT2D eigenvalue weighted by molar-refractivity contribution is 5.92. The number of hydrogen-bond donors (Lipinski definition) is 2. The Morgan fingerprint density at radius 3 is 2.92 bits per heavy atom. The van der Waals surface area contributed by atoms with E-state index in [1.54, 1.807) is 6.07 Å². The molecule has 0 bridgehead atoms. The van der Waals surface area contributed by atoms with Crippen molar-refractivity contribution < 1.29 is 4.79 Å². The SMILES string of the molecule is Cc1cccc(C(=O)N[C@@H](CC(C)C)c2nnc3n2CCNCC3)n1. The van der Waals surface area contributed by atoms with Gasteiger partial charge >= 0.3 is 0 Å². The van der Waals surface area contributed by atoms with Gasteiger partial charge in [-0.1, -0.05) is 19.9 Å². The fraction of sp³-hybridized carbons (Fsp3) is 0.556. The Hall–Kier alpha value is -2.28. The van der Waals surface area contributed by atoms with E-state index in [2.05, 4.69) is 44.2 Å². The summed E-state index contributed by atoms with van der Waals surface area (Å²) in [5, 5.41) is 15.2. The largest absolute Gasteiger partial charge is 0.341 e. The molecule has 25 heavy (non-hydrogen) atoms. The quantitative estimate of drug-likeness (QED) is 0.863. The summed E-state index contributed by atoms with van der Waals surface area (Å²) in [6.07, 6.45) is 1.66. The van der Waals surface area contributed by atoms with Gasteiger partial charge < -0.3 is 15.2 Å². The minimum absolute atomic E-state index is 0.168. The van der Waals surface area contributed by atoms with Gasteiger partial charge in [0.1, 0.15) is 11.5 Å². The van der Waals surface area contributed by atoms with Crippen LogP contribution in [0.25, 0.3) is 0 Å². The van der Waals surface area contributed by atoms with Gasteiger partial charge in [0.25, 0.3) is 5.91 Å². The van der Waals surface area contributed by atoms with E-state index in [1.165, 1.54) is 0 Å². The number of carbonyl (C=O) groups is 1. The third-order valence-electron chi connectivity index (χ3n) is 4.34. The summed E-state index contributed by atoms with van der Waals surface area (Å²) in [6.45, 7) is 8.79. The summed E-state index contributed by atoms with van der Waals surface area (Å²) in [5.41, 5.74) is 1.27. The summed E-state index contributed by atoms with van der Waals surface area (Å²) in [7, 11) is 0. The second kappa shape index (κ2) is 7.74. The lowest BCUT2D eigenvalue weighted by molar-refractivity contribution is 0.0923. The van der Waals surface area contributed by atoms with Crippen LogP contribution in [0.2, 0.25) is 0 Å². The number of amides is 1. The molecule has 0 unspecified atom stereocenters. The Morgan fingerprint density at radius 1 is 1.32 bits per heavy atom. The van der Waals surface area contributed by atoms with Crippen molar-refractivity contribution in [1.29, 1.82) is 0 Å². The topological polar surface area (TPSA) is 84.7 Å². The molecule has 0 aliphatic carbocycles. The normalized spacial score (nSPS) is 15.5. The molecule has 3 rings (SSSR count). The maximum Gasteiger partial charge on any atom is 0.270 e. The van der Waals surface area contributed by atoms with Crippen LogP contribution in [0.1, 0.15) is 54.1 Å². The standard InChI is InChI=1S/C18H26N6O/c1-12(2)11-15(21-18(25)14-6-4-5-13(3)20-14)17-23-22-16-7-8-19-9-10-24(16)17/h4-6,12,15,19H,7-11H2,1-3H3,(H,21,25)/t15-/m0/s1. The van der Waals surface area contributed by atoms with E-state index in [0.29, 0.717) is 11.6 Å². The van der Waals surface area contributed by atoms with Crippen LogP contribution in [-0.2, 0) is 13.0 Å². The number of pyridine rings is 1. The number of aromatic nitrogens is 4. The fourth-order valence-corrected chi connectivity index (χ4v) is 3.15. The first-order valence-electron chi connectivity index (χ1n) is 8.92. The van der Waals surface area contributed by atoms with Crippen molar-refractivity contribution >= 4 is 5.91 Å². The maximum atomic E-state index is 12.7. The molecule has 3 heterocycles. The van der Waals surface area contributed by atoms with Crippen LogP contribution in [0.4, 0.5) is 0 Å². The summed E-state index contributed by atoms with van der Waals surface area (Å²) in [4.78, 5) is 17.0. The third kappa shape index (κ3) is 4.22. The first-order valence-corrected chi connectivity index (χ1v) is 8.92. The van der Waals surface area contributed by atoms with Crippen molar-refractivity contribution in [2.75, 3.05) is 13.1 Å². The Kier molecular flexibility index (Phi) is 5.43. The van der Waals surface area contributed by atoms with Gasteiger partial charge in [-0.15, -0.1) is 10.2 Å². The van der Waals surface area contributed by atoms with Crippen molar-refractivity contribution in [3.05, 3.63) is 41.2 Å². The van der Waals surface area contributed by atoms with Crippen molar-refractivity contribution in [3.63, 3.8) is 0 Å². The molecular weight excluding hydrogens is 316 g/mol. The number of fused-ring (bicyclic) bond motifs is 1. The monoisotopic (exact) mass is 342 g/mol. The summed E-state index contributed by atoms with van der Waals surface area (Å²) in [5.74, 6) is 2.08. The van der Waals surface area contributed by atoms with Crippen LogP contribution in [0.15, 0.2) is 18.2 Å². The molecule has 1 aliphatic heterocycles. The number of hydrogen-bond acceptors (Lipinski definition) is 5. The summed E-state index contributed by atoms with van der Waals surface area (Å²) in [6, 6.07) is 5.30. The molecule has 0 radical (unpaired) electrons. The van der Waals surface area contributed by atoms with Gasteiger partial charge in [0.2, 0.25) is 0 Å². The highest BCUT2D eigenvalue weighted by Gasteiger charge is 2.25. The maximum absolute atomic E-state index is 12.7. The minimum atomic E-state index is -0.172. The molecule has 0 fully saturated rings. The predicted molar refractivity (Wildman–Crippen MR) is 95.2 cm³/mol. The van der Waals surface area contributed by atoms with Gasteiger partial charge in [-0.25, -0.2) is 4.98 Å². The van der Waals surface area contributed by atoms with E-state index in [1.807, 2.05) is 19.1 Å². The molecule has 1 atom stereocenters. The van der Waals surface area contributed by atoms with Gasteiger partial charge in [0, 0.05) is 31.7 Å². The number of nitrogens with one attached hydrogen (secondary N) is 2. The molecule has 2 aromatic rings. The van der Waals surface area contributed by atoms with E-state index in [9.17, 15) is 4.79 Å². The van der Waals surface area contributed by atoms with Crippen LogP contribution in [0.3, 0.4) is 0 Å². The zero-order valence-electron chi connectivity index (χ0n) is 15.1. The lowest BCUT2D eigenvalue weighted by Gasteiger charge is -2.21. The van der Waals surface area contributed by atoms with E-state index >= 15 is 0 Å². The molecule has 134 valence electrons. The Morgan fingerprint density at radius 2 is 2.16 bits per heavy atom. The second-order valence-electron chi connectivity index (χ2n) is 6.95. The predicted octanol–water partition coefficient (Wildman–Crippen LogP) is 1.64. The van der Waals surface area contributed by atoms with E-state index in [-0.39, 0.29) is 11.9 Å². The molecule has 7 heteroatoms. The lowest BCUT2D eigenvalue weighted by Crippen LogP contribution is -2.32. The van der Waals surface area contributed by atoms with Crippen LogP contribution in [0, 0.1) is 12.8 Å². The van der Waals surface area contributed by atoms with Crippen molar-refractivity contribution in [2.24, 2.45) is 5.92 Å². The average molecular weight is 342 g/mol. The van der Waals surface area contributed by atoms with E-state index in [4.69, 9.17) is 0 Å². The van der Waals surface area contributed by atoms with Crippen LogP contribution < -0.4 is 10.6 Å². The van der Waals surface area contributed by atoms with E-state index in [0.717, 1.165) is 49.8 Å². The van der Waals surface area contributed by atoms with Gasteiger partial charge in [-0.3, -0.25) is 4.79 Å². The molecule has 2 N–H and O–H groups in total. The molecule has 1 aliphatic rings. The third-order valence-corrected chi connectivity index (χ3v) is 4.34. The molecule has 2 aromatic heterocycles. The van der Waals surface area contributed by atoms with Crippen molar-refractivity contribution in [2.45, 2.75) is 46.2 Å². The number of nitrogens with zero attached hydrogens (tertiary/aromatic N) is 4. The van der Waals surface area contributed by atoms with Gasteiger partial charge in [0.05, 0.1) is 6.04 Å². The fourth-order valence-electron chi connectivity index (χ4n) is 3.15. The molecule has 7 nitrogen and oxygen atoms in total. The molecule has 0 spiro atoms. The molecule has 1 amide bonds. The Bertz CT molecular complexity index is 739. The zero-order valence-corrected chi connectivity index (χ0v) is 15.1. The first-order chi connectivity index (χ1) is 12.0. The number of aryl methyl sites for hydroxylation is 1. The zero-order chi connectivity index (χ0) is 17.8. The van der Waals surface area contributed by atoms with Gasteiger partial charge in [-0.2, -0.15) is 0 Å². The minimum Gasteiger partial charge on any atom is -0.341 e. The molecule has 0 saturated carbocycles. The second-order valence-corrected chi connectivity index (χ2v) is 6.95. The van der Waals surface area contributed by atoms with Crippen LogP contribution in [0.5, 0.6) is 0 Å². The number of carbonyl (C=O) groups excluding carboxylic acids is 1. The molecule has 0 aromatic carbocycles. The highest BCUT2D eigenvalue weighted by atomic mass is 16.2. The lowest BCUT2D eigenvalue weighted by atomic mass is 10.0. The summed E-state index contributed by atoms with van der Waals surface area (Å²) < 4.78 is 2.15. The summed E-state index contributed by atoms with van der Waals surface area (Å²) >= 11 is 0. The van der Waals surface area contributed by atoms with Crippen LogP contribution >= 0.6 is 0 Å². The van der Waals surface area contributed by atoms with Gasteiger partial charge in [0.15, 0.2) is 5.82 Å². The molecule has 0 saturated heterocycles. The number of rotatable bonds is 5. The molecular formula is C18H26N6O. The smallest absolute Gasteiger partial charge is 0.270 e. The average Bonchev–Trinajstić information content (AvgIpc) is 2.82. The van der Waals surface area contributed by atoms with E-state index < -0.39 is 0 Å². The highest BCUT2D eigenvalue weighted by Crippen LogP contribution is 2.22. The van der Waals surface area contributed by atoms with Crippen LogP contribution in [-0.4, -0.2) is 38.7 Å². The van der Waals surface area contributed by atoms with Crippen molar-refractivity contribution in [1.82, 2.24) is 30.4 Å². The van der Waals surface area contributed by atoms with Crippen molar-refractivity contribution in [3.8, 4) is 0 Å². The Balaban J connectivity index is 1.85. The first kappa shape index (κ1) is 17.5. The Labute approximate surface area is 148 Å².